The molecule has 4 nitrogen and oxygen atoms in total. The lowest BCUT2D eigenvalue weighted by molar-refractivity contribution is 0.0953. The van der Waals surface area contributed by atoms with Crippen molar-refractivity contribution in [1.82, 2.24) is 5.32 Å². The fourth-order valence-electron chi connectivity index (χ4n) is 1.09. The van der Waals surface area contributed by atoms with Gasteiger partial charge < -0.3 is 16.8 Å². The Morgan fingerprint density at radius 1 is 1.47 bits per heavy atom. The van der Waals surface area contributed by atoms with Gasteiger partial charge in [0.05, 0.1) is 5.69 Å². The molecule has 0 heterocycles. The molecule has 1 aromatic carbocycles. The van der Waals surface area contributed by atoms with Crippen LogP contribution in [-0.4, -0.2) is 19.0 Å². The second-order valence-corrected chi connectivity index (χ2v) is 3.13. The fourth-order valence-corrected chi connectivity index (χ4v) is 1.09. The molecular weight excluding hydrogens is 197 g/mol. The first kappa shape index (κ1) is 11.5. The van der Waals surface area contributed by atoms with Crippen molar-refractivity contribution in [3.63, 3.8) is 0 Å². The Balaban J connectivity index is 2.62. The van der Waals surface area contributed by atoms with Gasteiger partial charge in [0, 0.05) is 12.1 Å². The van der Waals surface area contributed by atoms with Crippen molar-refractivity contribution in [1.29, 1.82) is 0 Å². The molecule has 5 N–H and O–H groups in total. The van der Waals surface area contributed by atoms with E-state index in [0.29, 0.717) is 25.1 Å². The number of nitrogens with one attached hydrogen (secondary N) is 1. The molecule has 0 aliphatic carbocycles. The minimum Gasteiger partial charge on any atom is -0.396 e. The molecule has 82 valence electrons. The number of carbonyl (C=O) groups excluding carboxylic acids is 1. The van der Waals surface area contributed by atoms with Crippen molar-refractivity contribution in [3.8, 4) is 0 Å². The third kappa shape index (κ3) is 3.21. The zero-order chi connectivity index (χ0) is 11.3. The van der Waals surface area contributed by atoms with Gasteiger partial charge in [0.15, 0.2) is 0 Å². The van der Waals surface area contributed by atoms with Gasteiger partial charge in [-0.05, 0) is 31.2 Å². The first-order valence-corrected chi connectivity index (χ1v) is 4.68. The lowest BCUT2D eigenvalue weighted by Crippen LogP contribution is -2.26. The third-order valence-electron chi connectivity index (χ3n) is 1.92. The van der Waals surface area contributed by atoms with Crippen LogP contribution in [0.25, 0.3) is 0 Å². The van der Waals surface area contributed by atoms with Crippen LogP contribution in [0.5, 0.6) is 0 Å². The van der Waals surface area contributed by atoms with Crippen molar-refractivity contribution in [2.75, 3.05) is 18.8 Å². The van der Waals surface area contributed by atoms with Crippen molar-refractivity contribution < 1.29 is 9.18 Å². The molecule has 0 saturated heterocycles. The molecule has 1 rings (SSSR count). The Labute approximate surface area is 87.4 Å². The molecule has 0 radical (unpaired) electrons. The van der Waals surface area contributed by atoms with E-state index in [1.54, 1.807) is 0 Å². The highest BCUT2D eigenvalue weighted by Crippen LogP contribution is 2.11. The number of rotatable bonds is 4. The van der Waals surface area contributed by atoms with E-state index in [1.165, 1.54) is 18.2 Å². The molecule has 0 bridgehead atoms. The van der Waals surface area contributed by atoms with Gasteiger partial charge in [-0.15, -0.1) is 0 Å². The van der Waals surface area contributed by atoms with Gasteiger partial charge in [-0.3, -0.25) is 4.79 Å². The average Bonchev–Trinajstić information content (AvgIpc) is 2.22. The molecule has 0 saturated carbocycles. The predicted octanol–water partition coefficient (Wildman–Crippen LogP) is 0.486. The summed E-state index contributed by atoms with van der Waals surface area (Å²) in [5.74, 6) is -0.788. The molecule has 0 fully saturated rings. The fraction of sp³-hybridized carbons (Fsp3) is 0.300. The molecule has 0 aliphatic heterocycles. The summed E-state index contributed by atoms with van der Waals surface area (Å²) in [5.41, 5.74) is 10.9. The summed E-state index contributed by atoms with van der Waals surface area (Å²) in [6, 6.07) is 3.88. The van der Waals surface area contributed by atoms with Gasteiger partial charge in [0.2, 0.25) is 0 Å². The van der Waals surface area contributed by atoms with Crippen LogP contribution in [0.1, 0.15) is 16.8 Å². The summed E-state index contributed by atoms with van der Waals surface area (Å²) < 4.78 is 12.8. The maximum absolute atomic E-state index is 12.8. The number of nitrogens with two attached hydrogens (primary N) is 2. The van der Waals surface area contributed by atoms with Crippen LogP contribution in [0, 0.1) is 5.82 Å². The SMILES string of the molecule is NCCCNC(=O)c1ccc(F)c(N)c1. The highest BCUT2D eigenvalue weighted by molar-refractivity contribution is 5.94. The molecule has 1 amide bonds. The van der Waals surface area contributed by atoms with Crippen LogP contribution in [-0.2, 0) is 0 Å². The smallest absolute Gasteiger partial charge is 0.251 e. The van der Waals surface area contributed by atoms with Crippen molar-refractivity contribution in [3.05, 3.63) is 29.6 Å². The Bertz CT molecular complexity index is 355. The van der Waals surface area contributed by atoms with Crippen molar-refractivity contribution >= 4 is 11.6 Å². The molecule has 5 heteroatoms. The van der Waals surface area contributed by atoms with E-state index in [2.05, 4.69) is 5.32 Å². The lowest BCUT2D eigenvalue weighted by Gasteiger charge is -2.05. The molecule has 15 heavy (non-hydrogen) atoms. The van der Waals surface area contributed by atoms with Crippen LogP contribution in [0.3, 0.4) is 0 Å². The van der Waals surface area contributed by atoms with Gasteiger partial charge >= 0.3 is 0 Å². The number of benzene rings is 1. The summed E-state index contributed by atoms with van der Waals surface area (Å²) >= 11 is 0. The van der Waals surface area contributed by atoms with E-state index in [0.717, 1.165) is 0 Å². The van der Waals surface area contributed by atoms with E-state index in [9.17, 15) is 9.18 Å². The summed E-state index contributed by atoms with van der Waals surface area (Å²) in [4.78, 5) is 11.5. The minimum absolute atomic E-state index is 0.0264. The summed E-state index contributed by atoms with van der Waals surface area (Å²) in [7, 11) is 0. The van der Waals surface area contributed by atoms with E-state index < -0.39 is 5.82 Å². The zero-order valence-corrected chi connectivity index (χ0v) is 8.29. The Morgan fingerprint density at radius 3 is 2.80 bits per heavy atom. The zero-order valence-electron chi connectivity index (χ0n) is 8.29. The monoisotopic (exact) mass is 211 g/mol. The highest BCUT2D eigenvalue weighted by Gasteiger charge is 2.06. The van der Waals surface area contributed by atoms with Gasteiger partial charge in [-0.25, -0.2) is 4.39 Å². The molecule has 0 unspecified atom stereocenters. The maximum atomic E-state index is 12.8. The Hall–Kier alpha value is -1.62. The van der Waals surface area contributed by atoms with Gasteiger partial charge in [-0.1, -0.05) is 0 Å². The molecule has 0 spiro atoms. The summed E-state index contributed by atoms with van der Waals surface area (Å²) in [6.45, 7) is 1.03. The average molecular weight is 211 g/mol. The topological polar surface area (TPSA) is 81.1 Å². The number of nitrogen functional groups attached to an aromatic ring is 1. The standard InChI is InChI=1S/C10H14FN3O/c11-8-3-2-7(6-9(8)13)10(15)14-5-1-4-12/h2-3,6H,1,4-5,12-13H2,(H,14,15). The molecule has 0 aromatic heterocycles. The maximum Gasteiger partial charge on any atom is 0.251 e. The van der Waals surface area contributed by atoms with E-state index in [-0.39, 0.29) is 11.6 Å². The van der Waals surface area contributed by atoms with Crippen molar-refractivity contribution in [2.24, 2.45) is 5.73 Å². The van der Waals surface area contributed by atoms with Gasteiger partial charge in [0.25, 0.3) is 5.91 Å². The summed E-state index contributed by atoms with van der Waals surface area (Å²) in [6.07, 6.45) is 0.711. The van der Waals surface area contributed by atoms with E-state index in [1.807, 2.05) is 0 Å². The number of hydrogen-bond donors (Lipinski definition) is 3. The minimum atomic E-state index is -0.520. The largest absolute Gasteiger partial charge is 0.396 e. The van der Waals surface area contributed by atoms with Gasteiger partial charge in [-0.2, -0.15) is 0 Å². The molecule has 0 aliphatic rings. The second-order valence-electron chi connectivity index (χ2n) is 3.13. The van der Waals surface area contributed by atoms with E-state index >= 15 is 0 Å². The molecule has 0 atom stereocenters. The predicted molar refractivity (Wildman–Crippen MR) is 56.8 cm³/mol. The number of halogens is 1. The number of hydrogen-bond acceptors (Lipinski definition) is 3. The first-order chi connectivity index (χ1) is 7.15. The van der Waals surface area contributed by atoms with Crippen LogP contribution in [0.15, 0.2) is 18.2 Å². The first-order valence-electron chi connectivity index (χ1n) is 4.68. The third-order valence-corrected chi connectivity index (χ3v) is 1.92. The Morgan fingerprint density at radius 2 is 2.20 bits per heavy atom. The van der Waals surface area contributed by atoms with E-state index in [4.69, 9.17) is 11.5 Å². The van der Waals surface area contributed by atoms with Crippen LogP contribution in [0.2, 0.25) is 0 Å². The number of carbonyl (C=O) groups is 1. The molecular formula is C10H14FN3O. The highest BCUT2D eigenvalue weighted by atomic mass is 19.1. The lowest BCUT2D eigenvalue weighted by atomic mass is 10.2. The Kier molecular flexibility index (Phi) is 4.05. The van der Waals surface area contributed by atoms with Crippen LogP contribution >= 0.6 is 0 Å². The second kappa shape index (κ2) is 5.31. The molecule has 1 aromatic rings. The number of amides is 1. The number of anilines is 1. The van der Waals surface area contributed by atoms with Gasteiger partial charge in [0.1, 0.15) is 5.82 Å². The normalized spacial score (nSPS) is 10.0. The van der Waals surface area contributed by atoms with Crippen molar-refractivity contribution in [2.45, 2.75) is 6.42 Å². The quantitative estimate of drug-likeness (QED) is 0.500. The van der Waals surface area contributed by atoms with Crippen LogP contribution < -0.4 is 16.8 Å². The summed E-state index contributed by atoms with van der Waals surface area (Å²) in [5, 5.41) is 2.65. The van der Waals surface area contributed by atoms with Crippen LogP contribution in [0.4, 0.5) is 10.1 Å².